The van der Waals surface area contributed by atoms with Crippen molar-refractivity contribution in [1.29, 1.82) is 0 Å². The quantitative estimate of drug-likeness (QED) is 0.669. The number of hydrogen-bond donors (Lipinski definition) is 2. The summed E-state index contributed by atoms with van der Waals surface area (Å²) in [5, 5.41) is 5.15. The molecule has 0 aromatic heterocycles. The van der Waals surface area contributed by atoms with Gasteiger partial charge in [0.1, 0.15) is 23.2 Å². The van der Waals surface area contributed by atoms with Crippen LogP contribution in [-0.2, 0) is 16.1 Å². The molecule has 0 bridgehead atoms. The Labute approximate surface area is 180 Å². The van der Waals surface area contributed by atoms with Crippen LogP contribution in [0.5, 0.6) is 0 Å². The maximum atomic E-state index is 13.9. The number of nitrogens with one attached hydrogen (secondary N) is 2. The number of anilines is 1. The molecule has 0 aliphatic rings. The van der Waals surface area contributed by atoms with Crippen LogP contribution >= 0.6 is 0 Å². The Bertz CT molecular complexity index is 943. The first-order chi connectivity index (χ1) is 14.6. The van der Waals surface area contributed by atoms with Gasteiger partial charge in [-0.3, -0.25) is 14.4 Å². The van der Waals surface area contributed by atoms with Crippen LogP contribution < -0.4 is 10.6 Å². The molecule has 2 rings (SSSR count). The van der Waals surface area contributed by atoms with Crippen molar-refractivity contribution in [2.24, 2.45) is 5.92 Å². The molecule has 0 heterocycles. The van der Waals surface area contributed by atoms with Crippen LogP contribution in [0.4, 0.5) is 14.5 Å². The molecule has 6 nitrogen and oxygen atoms in total. The number of halogens is 2. The van der Waals surface area contributed by atoms with Crippen molar-refractivity contribution in [2.75, 3.05) is 11.9 Å². The molecule has 166 valence electrons. The van der Waals surface area contributed by atoms with Gasteiger partial charge in [-0.05, 0) is 42.7 Å². The summed E-state index contributed by atoms with van der Waals surface area (Å²) in [6.07, 6.45) is 0. The van der Waals surface area contributed by atoms with Crippen LogP contribution in [0.2, 0.25) is 0 Å². The van der Waals surface area contributed by atoms with Crippen molar-refractivity contribution in [3.8, 4) is 0 Å². The lowest BCUT2D eigenvalue weighted by atomic mass is 10.0. The van der Waals surface area contributed by atoms with E-state index in [4.69, 9.17) is 0 Å². The van der Waals surface area contributed by atoms with E-state index in [1.165, 1.54) is 6.92 Å². The van der Waals surface area contributed by atoms with Crippen LogP contribution in [0.3, 0.4) is 0 Å². The van der Waals surface area contributed by atoms with E-state index in [0.717, 1.165) is 23.8 Å². The first-order valence-corrected chi connectivity index (χ1v) is 10.0. The van der Waals surface area contributed by atoms with Gasteiger partial charge in [0.25, 0.3) is 5.91 Å². The van der Waals surface area contributed by atoms with Crippen molar-refractivity contribution in [3.05, 3.63) is 65.2 Å². The summed E-state index contributed by atoms with van der Waals surface area (Å²) < 4.78 is 27.8. The normalized spacial score (nSPS) is 11.7. The lowest BCUT2D eigenvalue weighted by Gasteiger charge is -2.22. The summed E-state index contributed by atoms with van der Waals surface area (Å²) in [5.41, 5.74) is 0.583. The second-order valence-electron chi connectivity index (χ2n) is 7.51. The molecule has 0 aliphatic carbocycles. The van der Waals surface area contributed by atoms with E-state index in [1.54, 1.807) is 36.9 Å². The Hall–Kier alpha value is -3.29. The molecule has 0 spiro atoms. The summed E-state index contributed by atoms with van der Waals surface area (Å²) in [7, 11) is 0. The third-order valence-electron chi connectivity index (χ3n) is 4.82. The smallest absolute Gasteiger partial charge is 0.257 e. The highest BCUT2D eigenvalue weighted by molar-refractivity contribution is 6.01. The molecule has 0 fully saturated rings. The minimum absolute atomic E-state index is 0.0556. The van der Waals surface area contributed by atoms with Crippen molar-refractivity contribution >= 4 is 23.4 Å². The van der Waals surface area contributed by atoms with Gasteiger partial charge in [-0.1, -0.05) is 32.0 Å². The Morgan fingerprint density at radius 3 is 2.19 bits per heavy atom. The third-order valence-corrected chi connectivity index (χ3v) is 4.82. The second kappa shape index (κ2) is 10.7. The van der Waals surface area contributed by atoms with Crippen molar-refractivity contribution < 1.29 is 23.2 Å². The van der Waals surface area contributed by atoms with Gasteiger partial charge in [0, 0.05) is 25.7 Å². The lowest BCUT2D eigenvalue weighted by molar-refractivity contribution is -0.129. The molecular formula is C23H27F2N3O3. The second-order valence-corrected chi connectivity index (χ2v) is 7.51. The maximum absolute atomic E-state index is 13.9. The zero-order valence-electron chi connectivity index (χ0n) is 18.0. The van der Waals surface area contributed by atoms with Crippen molar-refractivity contribution in [3.63, 3.8) is 0 Å². The van der Waals surface area contributed by atoms with Crippen LogP contribution in [0.15, 0.2) is 42.5 Å². The highest BCUT2D eigenvalue weighted by atomic mass is 19.1. The standard InChI is InChI=1S/C23H27F2N3O3/c1-5-28(15(4)29)13-16-8-6-9-17(12-16)26-23(31)21(14(2)3)27-22(30)20-18(24)10-7-11-19(20)25/h6-12,14,21H,5,13H2,1-4H3,(H,26,31)(H,27,30). The molecule has 0 saturated heterocycles. The van der Waals surface area contributed by atoms with Crippen LogP contribution in [0.25, 0.3) is 0 Å². The van der Waals surface area contributed by atoms with E-state index in [0.29, 0.717) is 18.8 Å². The monoisotopic (exact) mass is 431 g/mol. The molecule has 8 heteroatoms. The fourth-order valence-electron chi connectivity index (χ4n) is 3.10. The molecule has 2 aromatic rings. The Kier molecular flexibility index (Phi) is 8.24. The summed E-state index contributed by atoms with van der Waals surface area (Å²) in [6, 6.07) is 9.11. The molecule has 31 heavy (non-hydrogen) atoms. The number of nitrogens with zero attached hydrogens (tertiary/aromatic N) is 1. The van der Waals surface area contributed by atoms with E-state index in [9.17, 15) is 23.2 Å². The minimum Gasteiger partial charge on any atom is -0.340 e. The molecular weight excluding hydrogens is 404 g/mol. The molecule has 1 atom stereocenters. The average molecular weight is 431 g/mol. The number of amides is 3. The van der Waals surface area contributed by atoms with Gasteiger partial charge >= 0.3 is 0 Å². The van der Waals surface area contributed by atoms with E-state index in [-0.39, 0.29) is 11.8 Å². The predicted octanol–water partition coefficient (Wildman–Crippen LogP) is 3.73. The topological polar surface area (TPSA) is 78.5 Å². The number of benzene rings is 2. The highest BCUT2D eigenvalue weighted by Gasteiger charge is 2.27. The largest absolute Gasteiger partial charge is 0.340 e. The molecule has 0 aliphatic heterocycles. The summed E-state index contributed by atoms with van der Waals surface area (Å²) in [6.45, 7) is 7.74. The number of carbonyl (C=O) groups excluding carboxylic acids is 3. The number of hydrogen-bond acceptors (Lipinski definition) is 3. The minimum atomic E-state index is -1.01. The van der Waals surface area contributed by atoms with Gasteiger partial charge in [-0.25, -0.2) is 8.78 Å². The molecule has 2 aromatic carbocycles. The zero-order valence-corrected chi connectivity index (χ0v) is 18.0. The summed E-state index contributed by atoms with van der Waals surface area (Å²) in [4.78, 5) is 38.5. The van der Waals surface area contributed by atoms with Crippen LogP contribution in [-0.4, -0.2) is 35.2 Å². The fraction of sp³-hybridized carbons (Fsp3) is 0.348. The summed E-state index contributed by atoms with van der Waals surface area (Å²) in [5.74, 6) is -3.91. The highest BCUT2D eigenvalue weighted by Crippen LogP contribution is 2.16. The van der Waals surface area contributed by atoms with E-state index < -0.39 is 35.1 Å². The van der Waals surface area contributed by atoms with E-state index in [2.05, 4.69) is 10.6 Å². The molecule has 0 radical (unpaired) electrons. The first-order valence-electron chi connectivity index (χ1n) is 10.0. The van der Waals surface area contributed by atoms with Crippen molar-refractivity contribution in [1.82, 2.24) is 10.2 Å². The Balaban J connectivity index is 2.15. The van der Waals surface area contributed by atoms with Gasteiger partial charge in [-0.15, -0.1) is 0 Å². The predicted molar refractivity (Wildman–Crippen MR) is 114 cm³/mol. The fourth-order valence-corrected chi connectivity index (χ4v) is 3.10. The molecule has 2 N–H and O–H groups in total. The van der Waals surface area contributed by atoms with Crippen LogP contribution in [0.1, 0.15) is 43.6 Å². The van der Waals surface area contributed by atoms with Crippen LogP contribution in [0, 0.1) is 17.6 Å². The Morgan fingerprint density at radius 2 is 1.65 bits per heavy atom. The van der Waals surface area contributed by atoms with Gasteiger partial charge in [0.2, 0.25) is 11.8 Å². The first kappa shape index (κ1) is 24.0. The molecule has 3 amide bonds. The van der Waals surface area contributed by atoms with Gasteiger partial charge < -0.3 is 15.5 Å². The van der Waals surface area contributed by atoms with Gasteiger partial charge in [0.05, 0.1) is 0 Å². The zero-order chi connectivity index (χ0) is 23.1. The molecule has 0 saturated carbocycles. The van der Waals surface area contributed by atoms with Crippen molar-refractivity contribution in [2.45, 2.75) is 40.3 Å². The maximum Gasteiger partial charge on any atom is 0.257 e. The van der Waals surface area contributed by atoms with E-state index in [1.807, 2.05) is 13.0 Å². The number of rotatable bonds is 8. The van der Waals surface area contributed by atoms with Gasteiger partial charge in [-0.2, -0.15) is 0 Å². The molecule has 1 unspecified atom stereocenters. The number of carbonyl (C=O) groups is 3. The summed E-state index contributed by atoms with van der Waals surface area (Å²) >= 11 is 0. The van der Waals surface area contributed by atoms with Gasteiger partial charge in [0.15, 0.2) is 0 Å². The third kappa shape index (κ3) is 6.34. The SMILES string of the molecule is CCN(Cc1cccc(NC(=O)C(NC(=O)c2c(F)cccc2F)C(C)C)c1)C(C)=O. The Morgan fingerprint density at radius 1 is 1.03 bits per heavy atom. The van der Waals surface area contributed by atoms with E-state index >= 15 is 0 Å². The average Bonchev–Trinajstić information content (AvgIpc) is 2.69. The lowest BCUT2D eigenvalue weighted by Crippen LogP contribution is -2.47.